The fourth-order valence-electron chi connectivity index (χ4n) is 0.247. The third kappa shape index (κ3) is 4.39. The molecule has 1 N–H and O–H groups in total. The van der Waals surface area contributed by atoms with Crippen LogP contribution >= 0.6 is 0 Å². The zero-order valence-corrected chi connectivity index (χ0v) is 6.62. The van der Waals surface area contributed by atoms with Crippen LogP contribution in [0, 0.1) is 5.92 Å². The molecule has 0 rings (SSSR count). The molecule has 9 heavy (non-hydrogen) atoms. The van der Waals surface area contributed by atoms with Gasteiger partial charge in [-0.15, -0.1) is 0 Å². The van der Waals surface area contributed by atoms with Crippen molar-refractivity contribution in [2.45, 2.75) is 13.8 Å². The molecule has 0 amide bonds. The first-order valence-electron chi connectivity index (χ1n) is 2.33. The van der Waals surface area contributed by atoms with Crippen LogP contribution in [0.4, 0.5) is 0 Å². The van der Waals surface area contributed by atoms with Gasteiger partial charge in [-0.2, -0.15) is 0 Å². The van der Waals surface area contributed by atoms with Crippen molar-refractivity contribution in [3.05, 3.63) is 0 Å². The van der Waals surface area contributed by atoms with Gasteiger partial charge >= 0.3 is 5.97 Å². The van der Waals surface area contributed by atoms with Crippen LogP contribution in [0.25, 0.3) is 0 Å². The Hall–Kier alpha value is -0.120. The molecule has 0 aliphatic carbocycles. The molecule has 3 nitrogen and oxygen atoms in total. The summed E-state index contributed by atoms with van der Waals surface area (Å²) in [7, 11) is 0. The second kappa shape index (κ2) is 4.73. The largest absolute Gasteiger partial charge is 0.475 e. The summed E-state index contributed by atoms with van der Waals surface area (Å²) in [6.45, 7) is 3.10. The minimum atomic E-state index is -1.35. The van der Waals surface area contributed by atoms with Gasteiger partial charge in [-0.05, 0) is 0 Å². The van der Waals surface area contributed by atoms with E-state index in [9.17, 15) is 9.59 Å². The van der Waals surface area contributed by atoms with Crippen molar-refractivity contribution in [3.63, 3.8) is 0 Å². The standard InChI is InChI=1S/C5H8O3.Ag/c1-3(2)4(6)5(7)8;/h3H,1-2H3,(H,7,8);. The molecule has 57 valence electrons. The van der Waals surface area contributed by atoms with Crippen molar-refractivity contribution in [1.29, 1.82) is 0 Å². The number of Topliss-reactive ketones (excluding diaryl/α,β-unsaturated/α-hetero) is 1. The molecule has 4 heteroatoms. The Bertz CT molecular complexity index is 119. The van der Waals surface area contributed by atoms with Crippen molar-refractivity contribution in [3.8, 4) is 0 Å². The van der Waals surface area contributed by atoms with Crippen molar-refractivity contribution < 1.29 is 37.1 Å². The molecule has 0 spiro atoms. The van der Waals surface area contributed by atoms with Crippen LogP contribution in [-0.2, 0) is 32.0 Å². The number of carboxylic acid groups (broad SMARTS) is 1. The van der Waals surface area contributed by atoms with E-state index >= 15 is 0 Å². The quantitative estimate of drug-likeness (QED) is 0.541. The monoisotopic (exact) mass is 223 g/mol. The van der Waals surface area contributed by atoms with E-state index in [1.54, 1.807) is 13.8 Å². The van der Waals surface area contributed by atoms with Crippen LogP contribution in [0.5, 0.6) is 0 Å². The fraction of sp³-hybridized carbons (Fsp3) is 0.600. The van der Waals surface area contributed by atoms with Gasteiger partial charge in [-0.1, -0.05) is 13.8 Å². The predicted octanol–water partition coefficient (Wildman–Crippen LogP) is 0.294. The number of aliphatic carboxylic acids is 1. The Labute approximate surface area is 68.9 Å². The summed E-state index contributed by atoms with van der Waals surface area (Å²) in [6, 6.07) is 0. The maximum Gasteiger partial charge on any atom is 0.372 e. The summed E-state index contributed by atoms with van der Waals surface area (Å²) in [6.07, 6.45) is 0. The molecule has 0 saturated carbocycles. The second-order valence-electron chi connectivity index (χ2n) is 1.82. The van der Waals surface area contributed by atoms with Crippen LogP contribution in [-0.4, -0.2) is 16.9 Å². The summed E-state index contributed by atoms with van der Waals surface area (Å²) < 4.78 is 0. The number of carboxylic acids is 1. The second-order valence-corrected chi connectivity index (χ2v) is 1.82. The first-order valence-corrected chi connectivity index (χ1v) is 2.33. The number of hydrogen-bond donors (Lipinski definition) is 1. The van der Waals surface area contributed by atoms with E-state index in [1.807, 2.05) is 0 Å². The molecule has 0 bridgehead atoms. The van der Waals surface area contributed by atoms with Crippen LogP contribution in [0.15, 0.2) is 0 Å². The van der Waals surface area contributed by atoms with Gasteiger partial charge in [-0.3, -0.25) is 4.79 Å². The van der Waals surface area contributed by atoms with E-state index in [-0.39, 0.29) is 22.4 Å². The van der Waals surface area contributed by atoms with Crippen LogP contribution in [0.2, 0.25) is 0 Å². The maximum absolute atomic E-state index is 10.2. The molecule has 0 aliphatic heterocycles. The molecule has 0 aromatic heterocycles. The zero-order chi connectivity index (χ0) is 6.73. The molecule has 0 unspecified atom stereocenters. The van der Waals surface area contributed by atoms with Gasteiger partial charge in [-0.25, -0.2) is 4.79 Å². The van der Waals surface area contributed by atoms with E-state index in [0.29, 0.717) is 0 Å². The summed E-state index contributed by atoms with van der Waals surface area (Å²) in [5, 5.41) is 8.00. The minimum Gasteiger partial charge on any atom is -0.475 e. The van der Waals surface area contributed by atoms with E-state index in [0.717, 1.165) is 0 Å². The molecule has 0 aliphatic rings. The van der Waals surface area contributed by atoms with Crippen molar-refractivity contribution in [2.24, 2.45) is 5.92 Å². The molecule has 0 aromatic carbocycles. The average molecular weight is 224 g/mol. The topological polar surface area (TPSA) is 54.4 Å². The Morgan fingerprint density at radius 3 is 1.67 bits per heavy atom. The Morgan fingerprint density at radius 1 is 1.33 bits per heavy atom. The molecule has 0 heterocycles. The van der Waals surface area contributed by atoms with Crippen molar-refractivity contribution >= 4 is 11.8 Å². The van der Waals surface area contributed by atoms with Gasteiger partial charge < -0.3 is 5.11 Å². The summed E-state index contributed by atoms with van der Waals surface area (Å²) in [5.74, 6) is -2.47. The normalized spacial score (nSPS) is 8.33. The zero-order valence-electron chi connectivity index (χ0n) is 5.14. The molecule has 0 fully saturated rings. The Kier molecular flexibility index (Phi) is 6.12. The summed E-state index contributed by atoms with van der Waals surface area (Å²) in [5.41, 5.74) is 0. The number of hydrogen-bond acceptors (Lipinski definition) is 2. The number of carbonyl (C=O) groups is 2. The maximum atomic E-state index is 10.2. The number of ketones is 1. The van der Waals surface area contributed by atoms with Crippen LogP contribution < -0.4 is 0 Å². The predicted molar refractivity (Wildman–Crippen MR) is 27.5 cm³/mol. The molecule has 0 saturated heterocycles. The van der Waals surface area contributed by atoms with Crippen molar-refractivity contribution in [1.82, 2.24) is 0 Å². The molecular weight excluding hydrogens is 216 g/mol. The first kappa shape index (κ1) is 11.6. The third-order valence-electron chi connectivity index (χ3n) is 0.735. The fourth-order valence-corrected chi connectivity index (χ4v) is 0.247. The van der Waals surface area contributed by atoms with Crippen molar-refractivity contribution in [2.75, 3.05) is 0 Å². The van der Waals surface area contributed by atoms with Gasteiger partial charge in [0.2, 0.25) is 5.78 Å². The van der Waals surface area contributed by atoms with E-state index in [2.05, 4.69) is 0 Å². The molecule has 0 atom stereocenters. The van der Waals surface area contributed by atoms with Gasteiger partial charge in [0.25, 0.3) is 0 Å². The van der Waals surface area contributed by atoms with E-state index < -0.39 is 17.7 Å². The van der Waals surface area contributed by atoms with Crippen LogP contribution in [0.1, 0.15) is 13.8 Å². The summed E-state index contributed by atoms with van der Waals surface area (Å²) >= 11 is 0. The SMILES string of the molecule is CC(C)C(=O)C(=O)O.[Ag]. The van der Waals surface area contributed by atoms with Gasteiger partial charge in [0.1, 0.15) is 0 Å². The molecule has 0 aromatic rings. The third-order valence-corrected chi connectivity index (χ3v) is 0.735. The van der Waals surface area contributed by atoms with E-state index in [1.165, 1.54) is 0 Å². The average Bonchev–Trinajstić information content (AvgIpc) is 1.64. The van der Waals surface area contributed by atoms with Gasteiger partial charge in [0.05, 0.1) is 0 Å². The smallest absolute Gasteiger partial charge is 0.372 e. The molecule has 1 radical (unpaired) electrons. The minimum absolute atomic E-state index is 0. The Balaban J connectivity index is 0. The molecular formula is C5H8AgO3. The van der Waals surface area contributed by atoms with Gasteiger partial charge in [0.15, 0.2) is 0 Å². The summed E-state index contributed by atoms with van der Waals surface area (Å²) in [4.78, 5) is 20.0. The van der Waals surface area contributed by atoms with Gasteiger partial charge in [0, 0.05) is 28.3 Å². The first-order chi connectivity index (χ1) is 3.55. The number of carbonyl (C=O) groups excluding carboxylic acids is 1. The van der Waals surface area contributed by atoms with Crippen LogP contribution in [0.3, 0.4) is 0 Å². The Morgan fingerprint density at radius 2 is 1.67 bits per heavy atom. The van der Waals surface area contributed by atoms with E-state index in [4.69, 9.17) is 5.11 Å². The number of rotatable bonds is 2.